The highest BCUT2D eigenvalue weighted by Crippen LogP contribution is 2.51. The summed E-state index contributed by atoms with van der Waals surface area (Å²) in [6, 6.07) is 0.390. The van der Waals surface area contributed by atoms with Crippen LogP contribution in [-0.2, 0) is 4.79 Å². The number of rotatable bonds is 2. The Bertz CT molecular complexity index is 300. The summed E-state index contributed by atoms with van der Waals surface area (Å²) in [4.78, 5) is 11.6. The maximum absolute atomic E-state index is 11.6. The summed E-state index contributed by atoms with van der Waals surface area (Å²) in [5, 5.41) is 3.11. The molecule has 1 amide bonds. The molecule has 1 atom stereocenters. The van der Waals surface area contributed by atoms with E-state index in [4.69, 9.17) is 0 Å². The fourth-order valence-corrected chi connectivity index (χ4v) is 3.79. The summed E-state index contributed by atoms with van der Waals surface area (Å²) in [6.45, 7) is 9.29. The number of hydrogen-bond donors (Lipinski definition) is 1. The fraction of sp³-hybridized carbons (Fsp3) is 0.933. The van der Waals surface area contributed by atoms with Gasteiger partial charge in [-0.15, -0.1) is 0 Å². The molecule has 1 saturated carbocycles. The predicted octanol–water partition coefficient (Wildman–Crippen LogP) is 3.51. The number of hydrogen-bond acceptors (Lipinski definition) is 1. The molecule has 1 heterocycles. The Morgan fingerprint density at radius 3 is 2.35 bits per heavy atom. The lowest BCUT2D eigenvalue weighted by atomic mass is 9.61. The standard InChI is InChI=1S/C15H27NO/c1-5-14(3,4)12-6-8-15(9-7-12)10-13(17)16-11(15)2/h11-12H,5-10H2,1-4H3,(H,16,17). The molecule has 1 spiro atoms. The molecular formula is C15H27NO. The van der Waals surface area contributed by atoms with Gasteiger partial charge in [0.25, 0.3) is 0 Å². The van der Waals surface area contributed by atoms with Crippen LogP contribution < -0.4 is 5.32 Å². The van der Waals surface area contributed by atoms with Gasteiger partial charge in [0.05, 0.1) is 0 Å². The highest BCUT2D eigenvalue weighted by molar-refractivity contribution is 5.79. The molecular weight excluding hydrogens is 210 g/mol. The lowest BCUT2D eigenvalue weighted by molar-refractivity contribution is -0.120. The van der Waals surface area contributed by atoms with Crippen molar-refractivity contribution in [1.82, 2.24) is 5.32 Å². The third-order valence-electron chi connectivity index (χ3n) is 5.81. The molecule has 1 unspecified atom stereocenters. The van der Waals surface area contributed by atoms with Gasteiger partial charge in [-0.3, -0.25) is 4.79 Å². The van der Waals surface area contributed by atoms with Crippen molar-refractivity contribution < 1.29 is 4.79 Å². The summed E-state index contributed by atoms with van der Waals surface area (Å²) in [5.74, 6) is 1.12. The van der Waals surface area contributed by atoms with Crippen molar-refractivity contribution in [2.24, 2.45) is 16.7 Å². The highest BCUT2D eigenvalue weighted by Gasteiger charge is 2.47. The van der Waals surface area contributed by atoms with Crippen molar-refractivity contribution >= 4 is 5.91 Å². The van der Waals surface area contributed by atoms with Gasteiger partial charge in [-0.25, -0.2) is 0 Å². The topological polar surface area (TPSA) is 29.1 Å². The second-order valence-electron chi connectivity index (χ2n) is 6.94. The van der Waals surface area contributed by atoms with Crippen molar-refractivity contribution in [3.05, 3.63) is 0 Å². The van der Waals surface area contributed by atoms with Crippen LogP contribution in [0, 0.1) is 16.7 Å². The molecule has 1 N–H and O–H groups in total. The molecule has 0 aromatic carbocycles. The SMILES string of the molecule is CCC(C)(C)C1CCC2(CC1)CC(=O)NC2C. The van der Waals surface area contributed by atoms with E-state index in [1.54, 1.807) is 0 Å². The second kappa shape index (κ2) is 4.29. The Kier molecular flexibility index (Phi) is 3.26. The van der Waals surface area contributed by atoms with Gasteiger partial charge in [0.15, 0.2) is 0 Å². The van der Waals surface area contributed by atoms with E-state index >= 15 is 0 Å². The molecule has 2 nitrogen and oxygen atoms in total. The van der Waals surface area contributed by atoms with E-state index in [-0.39, 0.29) is 11.3 Å². The first-order chi connectivity index (χ1) is 7.89. The van der Waals surface area contributed by atoms with Crippen molar-refractivity contribution in [2.75, 3.05) is 0 Å². The normalized spacial score (nSPS) is 38.5. The van der Waals surface area contributed by atoms with Gasteiger partial charge in [-0.2, -0.15) is 0 Å². The van der Waals surface area contributed by atoms with Gasteiger partial charge in [-0.1, -0.05) is 27.2 Å². The van der Waals surface area contributed by atoms with Gasteiger partial charge in [-0.05, 0) is 49.4 Å². The van der Waals surface area contributed by atoms with Gasteiger partial charge in [0, 0.05) is 12.5 Å². The van der Waals surface area contributed by atoms with Crippen molar-refractivity contribution in [3.8, 4) is 0 Å². The molecule has 0 aromatic heterocycles. The molecule has 98 valence electrons. The zero-order chi connectivity index (χ0) is 12.7. The van der Waals surface area contributed by atoms with E-state index in [1.807, 2.05) is 0 Å². The first kappa shape index (κ1) is 12.9. The molecule has 17 heavy (non-hydrogen) atoms. The van der Waals surface area contributed by atoms with E-state index in [9.17, 15) is 4.79 Å². The molecule has 0 radical (unpaired) electrons. The summed E-state index contributed by atoms with van der Waals surface area (Å²) in [7, 11) is 0. The highest BCUT2D eigenvalue weighted by atomic mass is 16.2. The van der Waals surface area contributed by atoms with Crippen molar-refractivity contribution in [2.45, 2.75) is 72.3 Å². The third-order valence-corrected chi connectivity index (χ3v) is 5.81. The molecule has 2 rings (SSSR count). The van der Waals surface area contributed by atoms with E-state index in [1.165, 1.54) is 32.1 Å². The summed E-state index contributed by atoms with van der Waals surface area (Å²) >= 11 is 0. The quantitative estimate of drug-likeness (QED) is 0.782. The molecule has 1 saturated heterocycles. The summed E-state index contributed by atoms with van der Waals surface area (Å²) in [5.41, 5.74) is 0.762. The zero-order valence-electron chi connectivity index (χ0n) is 11.8. The maximum atomic E-state index is 11.6. The van der Waals surface area contributed by atoms with E-state index < -0.39 is 0 Å². The minimum atomic E-state index is 0.269. The monoisotopic (exact) mass is 237 g/mol. The average Bonchev–Trinajstić information content (AvgIpc) is 2.54. The van der Waals surface area contributed by atoms with Crippen molar-refractivity contribution in [3.63, 3.8) is 0 Å². The van der Waals surface area contributed by atoms with Gasteiger partial charge >= 0.3 is 0 Å². The largest absolute Gasteiger partial charge is 0.353 e. The van der Waals surface area contributed by atoms with E-state index in [0.29, 0.717) is 11.5 Å². The molecule has 1 aliphatic heterocycles. The molecule has 0 bridgehead atoms. The minimum Gasteiger partial charge on any atom is -0.353 e. The second-order valence-corrected chi connectivity index (χ2v) is 6.94. The van der Waals surface area contributed by atoms with E-state index in [0.717, 1.165) is 12.3 Å². The Balaban J connectivity index is 2.01. The Morgan fingerprint density at radius 1 is 1.35 bits per heavy atom. The number of amides is 1. The van der Waals surface area contributed by atoms with Crippen LogP contribution >= 0.6 is 0 Å². The molecule has 2 aliphatic rings. The zero-order valence-corrected chi connectivity index (χ0v) is 11.8. The van der Waals surface area contributed by atoms with Crippen LogP contribution in [0.4, 0.5) is 0 Å². The molecule has 0 aromatic rings. The predicted molar refractivity (Wildman–Crippen MR) is 70.7 cm³/mol. The Labute approximate surface area is 106 Å². The van der Waals surface area contributed by atoms with Crippen LogP contribution in [0.15, 0.2) is 0 Å². The number of nitrogens with one attached hydrogen (secondary N) is 1. The lowest BCUT2D eigenvalue weighted by Crippen LogP contribution is -2.40. The Morgan fingerprint density at radius 2 is 1.94 bits per heavy atom. The van der Waals surface area contributed by atoms with Gasteiger partial charge in [0.2, 0.25) is 5.91 Å². The van der Waals surface area contributed by atoms with Crippen LogP contribution in [0.3, 0.4) is 0 Å². The van der Waals surface area contributed by atoms with Gasteiger partial charge < -0.3 is 5.32 Å². The molecule has 2 fully saturated rings. The average molecular weight is 237 g/mol. The smallest absolute Gasteiger partial charge is 0.220 e. The third kappa shape index (κ3) is 2.23. The minimum absolute atomic E-state index is 0.269. The van der Waals surface area contributed by atoms with Crippen LogP contribution in [0.5, 0.6) is 0 Å². The lowest BCUT2D eigenvalue weighted by Gasteiger charge is -2.44. The van der Waals surface area contributed by atoms with Crippen LogP contribution in [-0.4, -0.2) is 11.9 Å². The van der Waals surface area contributed by atoms with Crippen molar-refractivity contribution in [1.29, 1.82) is 0 Å². The number of carbonyl (C=O) groups is 1. The number of carbonyl (C=O) groups excluding carboxylic acids is 1. The van der Waals surface area contributed by atoms with E-state index in [2.05, 4.69) is 33.0 Å². The van der Waals surface area contributed by atoms with Crippen LogP contribution in [0.25, 0.3) is 0 Å². The summed E-state index contributed by atoms with van der Waals surface area (Å²) < 4.78 is 0. The van der Waals surface area contributed by atoms with Gasteiger partial charge in [0.1, 0.15) is 0 Å². The fourth-order valence-electron chi connectivity index (χ4n) is 3.79. The first-order valence-electron chi connectivity index (χ1n) is 7.19. The summed E-state index contributed by atoms with van der Waals surface area (Å²) in [6.07, 6.45) is 7.12. The van der Waals surface area contributed by atoms with Crippen LogP contribution in [0.2, 0.25) is 0 Å². The Hall–Kier alpha value is -0.530. The first-order valence-corrected chi connectivity index (χ1v) is 7.19. The molecule has 2 heteroatoms. The van der Waals surface area contributed by atoms with Crippen LogP contribution in [0.1, 0.15) is 66.2 Å². The molecule has 1 aliphatic carbocycles. The maximum Gasteiger partial charge on any atom is 0.220 e.